The number of anilines is 1. The van der Waals surface area contributed by atoms with Gasteiger partial charge in [0.05, 0.1) is 32.0 Å². The Morgan fingerprint density at radius 1 is 1.25 bits per heavy atom. The molecule has 0 unspecified atom stereocenters. The normalized spacial score (nSPS) is 39.5. The average Bonchev–Trinajstić information content (AvgIpc) is 2.92. The number of hydrogen-bond donors (Lipinski definition) is 0. The van der Waals surface area contributed by atoms with Crippen LogP contribution in [0.2, 0.25) is 0 Å². The Kier molecular flexibility index (Phi) is 1.77. The molecule has 130 valence electrons. The monoisotopic (exact) mass is 345 g/mol. The van der Waals surface area contributed by atoms with Crippen LogP contribution >= 0.6 is 0 Å². The van der Waals surface area contributed by atoms with Crippen LogP contribution < -0.4 is 10.4 Å². The van der Waals surface area contributed by atoms with Crippen molar-refractivity contribution >= 4 is 24.2 Å². The van der Waals surface area contributed by atoms with Crippen molar-refractivity contribution in [3.8, 4) is 0 Å². The molecule has 2 saturated heterocycles. The fourth-order valence-electron chi connectivity index (χ4n) is 2.13. The standard InChI is InChI=1S/C18H26BNO4/c1-17(2)18(3,4)24-19(23-17)14-10-13(16(21)22-5)11-15(12-14)20-8-6-7-9-20/h10-12H,6-9H2,1-5H3/i5D3,6D2,7D2,8D2,9D2,10D,11D,12D. The molecule has 0 N–H and O–H groups in total. The summed E-state index contributed by atoms with van der Waals surface area (Å²) in [6.45, 7) is -0.633. The fraction of sp³-hybridized carbons (Fsp3) is 0.611. The van der Waals surface area contributed by atoms with Crippen LogP contribution in [0.4, 0.5) is 5.69 Å². The summed E-state index contributed by atoms with van der Waals surface area (Å²) in [5.74, 6) is -1.76. The number of benzene rings is 1. The molecule has 0 saturated carbocycles. The second-order valence-corrected chi connectivity index (χ2v) is 6.30. The molecule has 2 aliphatic rings. The summed E-state index contributed by atoms with van der Waals surface area (Å²) in [6, 6.07) is -3.16. The highest BCUT2D eigenvalue weighted by Gasteiger charge is 2.51. The number of carbonyl (C=O) groups is 1. The minimum Gasteiger partial charge on any atom is -0.465 e. The van der Waals surface area contributed by atoms with E-state index in [1.807, 2.05) is 0 Å². The van der Waals surface area contributed by atoms with Gasteiger partial charge in [-0.15, -0.1) is 0 Å². The van der Waals surface area contributed by atoms with E-state index in [1.165, 1.54) is 0 Å². The van der Waals surface area contributed by atoms with Crippen molar-refractivity contribution in [3.05, 3.63) is 23.7 Å². The van der Waals surface area contributed by atoms with E-state index in [0.29, 0.717) is 0 Å². The van der Waals surface area contributed by atoms with Gasteiger partial charge in [-0.25, -0.2) is 4.79 Å². The SMILES string of the molecule is [2H]c1c(B2OC(C)(C)C(C)(C)O2)c([2H])c(N2C([2H])([2H])C([2H])([2H])C([2H])([2H])C2([2H])[2H])c([2H])c1C(=O)OC([2H])([2H])[2H]. The van der Waals surface area contributed by atoms with E-state index in [-0.39, 0.29) is 4.90 Å². The Labute approximate surface area is 164 Å². The predicted molar refractivity (Wildman–Crippen MR) is 94.9 cm³/mol. The second-order valence-electron chi connectivity index (χ2n) is 6.30. The van der Waals surface area contributed by atoms with Crippen LogP contribution in [-0.2, 0) is 14.0 Å². The van der Waals surface area contributed by atoms with Crippen LogP contribution in [0.15, 0.2) is 18.1 Å². The van der Waals surface area contributed by atoms with Gasteiger partial charge < -0.3 is 18.9 Å². The third-order valence-electron chi connectivity index (χ3n) is 4.16. The highest BCUT2D eigenvalue weighted by atomic mass is 16.7. The van der Waals surface area contributed by atoms with E-state index < -0.39 is 91.9 Å². The van der Waals surface area contributed by atoms with E-state index in [2.05, 4.69) is 4.74 Å². The molecule has 2 aliphatic heterocycles. The van der Waals surface area contributed by atoms with E-state index >= 15 is 0 Å². The molecule has 3 rings (SSSR count). The van der Waals surface area contributed by atoms with Gasteiger partial charge in [0, 0.05) is 29.6 Å². The predicted octanol–water partition coefficient (Wildman–Crippen LogP) is 2.37. The van der Waals surface area contributed by atoms with Crippen LogP contribution in [0.3, 0.4) is 0 Å². The molecule has 0 spiro atoms. The molecule has 0 aliphatic carbocycles. The molecular weight excluding hydrogens is 305 g/mol. The lowest BCUT2D eigenvalue weighted by atomic mass is 9.78. The van der Waals surface area contributed by atoms with Crippen LogP contribution in [0, 0.1) is 0 Å². The summed E-state index contributed by atoms with van der Waals surface area (Å²) in [5.41, 5.74) is -4.99. The van der Waals surface area contributed by atoms with Crippen LogP contribution in [-0.4, -0.2) is 44.3 Å². The molecule has 0 bridgehead atoms. The number of ether oxygens (including phenoxy) is 1. The highest BCUT2D eigenvalue weighted by molar-refractivity contribution is 6.62. The Balaban J connectivity index is 2.45. The van der Waals surface area contributed by atoms with Gasteiger partial charge >= 0.3 is 13.1 Å². The Bertz CT molecular complexity index is 1140. The van der Waals surface area contributed by atoms with Crippen molar-refractivity contribution < 1.29 is 38.0 Å². The maximum absolute atomic E-state index is 12.9. The molecule has 0 aromatic heterocycles. The number of nitrogens with zero attached hydrogens (tertiary/aromatic N) is 1. The largest absolute Gasteiger partial charge is 0.494 e. The molecule has 1 aromatic rings. The first-order chi connectivity index (χ1) is 16.7. The third kappa shape index (κ3) is 3.05. The Hall–Kier alpha value is -1.53. The Morgan fingerprint density at radius 2 is 1.88 bits per heavy atom. The number of esters is 1. The first kappa shape index (κ1) is 7.00. The van der Waals surface area contributed by atoms with Crippen LogP contribution in [0.5, 0.6) is 0 Å². The van der Waals surface area contributed by atoms with Crippen LogP contribution in [0.1, 0.15) is 70.0 Å². The molecule has 2 fully saturated rings. The summed E-state index contributed by atoms with van der Waals surface area (Å²) < 4.78 is 129. The third-order valence-corrected chi connectivity index (χ3v) is 4.16. The molecule has 0 atom stereocenters. The first-order valence-electron chi connectivity index (χ1n) is 14.2. The molecular formula is C18H26BNO4. The van der Waals surface area contributed by atoms with Gasteiger partial charge in [-0.05, 0) is 64.0 Å². The Morgan fingerprint density at radius 3 is 2.46 bits per heavy atom. The van der Waals surface area contributed by atoms with Gasteiger partial charge in [-0.3, -0.25) is 0 Å². The second kappa shape index (κ2) is 6.08. The molecule has 0 radical (unpaired) electrons. The van der Waals surface area contributed by atoms with Crippen molar-refractivity contribution in [1.82, 2.24) is 0 Å². The zero-order valence-corrected chi connectivity index (χ0v) is 13.7. The summed E-state index contributed by atoms with van der Waals surface area (Å²) in [4.78, 5) is 12.8. The number of methoxy groups -OCH3 is 1. The van der Waals surface area contributed by atoms with Crippen molar-refractivity contribution in [3.63, 3.8) is 0 Å². The van der Waals surface area contributed by atoms with E-state index in [1.54, 1.807) is 27.7 Å². The maximum atomic E-state index is 12.9. The summed E-state index contributed by atoms with van der Waals surface area (Å²) >= 11 is 0. The van der Waals surface area contributed by atoms with Crippen molar-refractivity contribution in [2.45, 2.75) is 51.6 Å². The summed E-state index contributed by atoms with van der Waals surface area (Å²) in [7, 11) is -4.96. The van der Waals surface area contributed by atoms with Gasteiger partial charge in [0.2, 0.25) is 0 Å². The maximum Gasteiger partial charge on any atom is 0.494 e. The van der Waals surface area contributed by atoms with Gasteiger partial charge in [0.15, 0.2) is 0 Å². The van der Waals surface area contributed by atoms with E-state index in [0.717, 1.165) is 0 Å². The smallest absolute Gasteiger partial charge is 0.465 e. The molecule has 1 aromatic carbocycles. The summed E-state index contributed by atoms with van der Waals surface area (Å²) in [5, 5.41) is 0. The molecule has 5 nitrogen and oxygen atoms in total. The quantitative estimate of drug-likeness (QED) is 0.622. The minimum atomic E-state index is -3.55. The molecule has 6 heteroatoms. The lowest BCUT2D eigenvalue weighted by Gasteiger charge is -2.32. The zero-order valence-electron chi connectivity index (χ0n) is 27.7. The lowest BCUT2D eigenvalue weighted by Crippen LogP contribution is -2.41. The minimum absolute atomic E-state index is 0.106. The van der Waals surface area contributed by atoms with Crippen LogP contribution in [0.25, 0.3) is 0 Å². The van der Waals surface area contributed by atoms with Gasteiger partial charge in [-0.1, -0.05) is 0 Å². The van der Waals surface area contributed by atoms with E-state index in [9.17, 15) is 4.79 Å². The average molecular weight is 345 g/mol. The topological polar surface area (TPSA) is 48.0 Å². The van der Waals surface area contributed by atoms with Crippen molar-refractivity contribution in [2.24, 2.45) is 0 Å². The molecule has 24 heavy (non-hydrogen) atoms. The summed E-state index contributed by atoms with van der Waals surface area (Å²) in [6.07, 6.45) is -7.10. The lowest BCUT2D eigenvalue weighted by molar-refractivity contribution is 0.00578. The van der Waals surface area contributed by atoms with Gasteiger partial charge in [0.1, 0.15) is 0 Å². The van der Waals surface area contributed by atoms with E-state index in [4.69, 9.17) is 28.5 Å². The molecule has 0 amide bonds. The highest BCUT2D eigenvalue weighted by Crippen LogP contribution is 2.36. The number of hydrogen-bond acceptors (Lipinski definition) is 5. The van der Waals surface area contributed by atoms with Crippen molar-refractivity contribution in [2.75, 3.05) is 24.9 Å². The number of rotatable bonds is 3. The van der Waals surface area contributed by atoms with Gasteiger partial charge in [-0.2, -0.15) is 0 Å². The molecule has 2 heterocycles. The fourth-order valence-corrected chi connectivity index (χ4v) is 2.13. The zero-order chi connectivity index (χ0) is 29.8. The number of carbonyl (C=O) groups excluding carboxylic acids is 1. The first-order valence-corrected chi connectivity index (χ1v) is 7.20. The van der Waals surface area contributed by atoms with Gasteiger partial charge in [0.25, 0.3) is 0 Å². The van der Waals surface area contributed by atoms with Crippen molar-refractivity contribution in [1.29, 1.82) is 0 Å².